The van der Waals surface area contributed by atoms with Gasteiger partial charge >= 0.3 is 0 Å². The Hall–Kier alpha value is -1.78. The molecule has 5 heteroatoms. The highest BCUT2D eigenvalue weighted by molar-refractivity contribution is 6.01. The average Bonchev–Trinajstić information content (AvgIpc) is 2.71. The van der Waals surface area contributed by atoms with Gasteiger partial charge in [-0.15, -0.1) is 0 Å². The minimum absolute atomic E-state index is 0.124. The molecular weight excluding hydrogens is 240 g/mol. The Bertz CT molecular complexity index is 447. The molecule has 2 heterocycles. The second-order valence-electron chi connectivity index (χ2n) is 5.05. The van der Waals surface area contributed by atoms with Crippen LogP contribution in [0.2, 0.25) is 0 Å². The number of amidine groups is 1. The van der Waals surface area contributed by atoms with Crippen LogP contribution in [0.3, 0.4) is 0 Å². The van der Waals surface area contributed by atoms with E-state index in [0.29, 0.717) is 5.56 Å². The first-order valence-corrected chi connectivity index (χ1v) is 6.94. The smallest absolute Gasteiger partial charge is 0.173 e. The largest absolute Gasteiger partial charge is 0.409 e. The molecule has 1 unspecified atom stereocenters. The van der Waals surface area contributed by atoms with Gasteiger partial charge in [-0.2, -0.15) is 0 Å². The molecule has 0 amide bonds. The van der Waals surface area contributed by atoms with Crippen LogP contribution in [0, 0.1) is 5.92 Å². The Labute approximate surface area is 114 Å². The van der Waals surface area contributed by atoms with Crippen LogP contribution in [0.5, 0.6) is 0 Å². The van der Waals surface area contributed by atoms with Crippen molar-refractivity contribution in [3.05, 3.63) is 23.9 Å². The molecule has 0 aromatic carbocycles. The molecule has 1 aliphatic heterocycles. The molecule has 104 valence electrons. The Morgan fingerprint density at radius 2 is 2.37 bits per heavy atom. The summed E-state index contributed by atoms with van der Waals surface area (Å²) in [6.07, 6.45) is 6.63. The molecule has 1 aromatic heterocycles. The van der Waals surface area contributed by atoms with Crippen molar-refractivity contribution in [2.75, 3.05) is 18.0 Å². The molecule has 1 fully saturated rings. The summed E-state index contributed by atoms with van der Waals surface area (Å²) in [6.45, 7) is 4.23. The summed E-state index contributed by atoms with van der Waals surface area (Å²) in [4.78, 5) is 6.67. The predicted octanol–water partition coefficient (Wildman–Crippen LogP) is 2.19. The highest BCUT2D eigenvalue weighted by Crippen LogP contribution is 2.25. The molecule has 0 spiro atoms. The van der Waals surface area contributed by atoms with Crippen LogP contribution in [0.1, 0.15) is 38.2 Å². The number of rotatable bonds is 3. The lowest BCUT2D eigenvalue weighted by molar-refractivity contribution is 0.318. The van der Waals surface area contributed by atoms with Crippen molar-refractivity contribution >= 4 is 11.7 Å². The SMILES string of the molecule is CCC1CCCN(c2ncccc2C(N)=NO)CC1. The van der Waals surface area contributed by atoms with E-state index in [1.807, 2.05) is 12.1 Å². The normalized spacial score (nSPS) is 21.2. The lowest BCUT2D eigenvalue weighted by Crippen LogP contribution is -2.28. The number of anilines is 1. The van der Waals surface area contributed by atoms with Crippen molar-refractivity contribution in [3.63, 3.8) is 0 Å². The summed E-state index contributed by atoms with van der Waals surface area (Å²) in [7, 11) is 0. The first-order chi connectivity index (χ1) is 9.26. The number of nitrogens with zero attached hydrogens (tertiary/aromatic N) is 3. The minimum Gasteiger partial charge on any atom is -0.409 e. The molecule has 3 N–H and O–H groups in total. The molecule has 1 aromatic rings. The van der Waals surface area contributed by atoms with Gasteiger partial charge in [0, 0.05) is 19.3 Å². The van der Waals surface area contributed by atoms with Crippen molar-refractivity contribution in [1.82, 2.24) is 4.98 Å². The van der Waals surface area contributed by atoms with Crippen molar-refractivity contribution in [3.8, 4) is 0 Å². The maximum absolute atomic E-state index is 8.86. The molecule has 1 saturated heterocycles. The fourth-order valence-corrected chi connectivity index (χ4v) is 2.69. The molecule has 0 saturated carbocycles. The highest BCUT2D eigenvalue weighted by atomic mass is 16.4. The van der Waals surface area contributed by atoms with E-state index in [9.17, 15) is 0 Å². The van der Waals surface area contributed by atoms with Crippen molar-refractivity contribution in [1.29, 1.82) is 0 Å². The van der Waals surface area contributed by atoms with Crippen LogP contribution in [-0.2, 0) is 0 Å². The molecule has 19 heavy (non-hydrogen) atoms. The minimum atomic E-state index is 0.124. The van der Waals surface area contributed by atoms with Gasteiger partial charge < -0.3 is 15.8 Å². The fourth-order valence-electron chi connectivity index (χ4n) is 2.69. The van der Waals surface area contributed by atoms with Crippen LogP contribution in [0.25, 0.3) is 0 Å². The number of pyridine rings is 1. The Kier molecular flexibility index (Phi) is 4.60. The quantitative estimate of drug-likeness (QED) is 0.379. The number of hydrogen-bond donors (Lipinski definition) is 2. The van der Waals surface area contributed by atoms with E-state index in [-0.39, 0.29) is 5.84 Å². The number of nitrogens with two attached hydrogens (primary N) is 1. The molecule has 5 nitrogen and oxygen atoms in total. The van der Waals surface area contributed by atoms with Gasteiger partial charge in [0.15, 0.2) is 5.84 Å². The van der Waals surface area contributed by atoms with Gasteiger partial charge in [-0.3, -0.25) is 0 Å². The van der Waals surface area contributed by atoms with Crippen LogP contribution in [-0.4, -0.2) is 29.1 Å². The van der Waals surface area contributed by atoms with Gasteiger partial charge in [-0.1, -0.05) is 18.5 Å². The lowest BCUT2D eigenvalue weighted by atomic mass is 9.98. The van der Waals surface area contributed by atoms with E-state index < -0.39 is 0 Å². The summed E-state index contributed by atoms with van der Waals surface area (Å²) in [5.41, 5.74) is 6.44. The zero-order chi connectivity index (χ0) is 13.7. The molecule has 0 aliphatic carbocycles. The number of aromatic nitrogens is 1. The molecule has 2 rings (SSSR count). The number of hydrogen-bond acceptors (Lipinski definition) is 4. The van der Waals surface area contributed by atoms with E-state index in [4.69, 9.17) is 10.9 Å². The van der Waals surface area contributed by atoms with Gasteiger partial charge in [0.1, 0.15) is 5.82 Å². The topological polar surface area (TPSA) is 74.7 Å². The van der Waals surface area contributed by atoms with Crippen LogP contribution in [0.4, 0.5) is 5.82 Å². The van der Waals surface area contributed by atoms with Crippen molar-refractivity contribution < 1.29 is 5.21 Å². The van der Waals surface area contributed by atoms with Crippen LogP contribution in [0.15, 0.2) is 23.5 Å². The maximum Gasteiger partial charge on any atom is 0.173 e. The first-order valence-electron chi connectivity index (χ1n) is 6.94. The van der Waals surface area contributed by atoms with E-state index in [1.54, 1.807) is 6.20 Å². The van der Waals surface area contributed by atoms with Gasteiger partial charge in [0.2, 0.25) is 0 Å². The number of oxime groups is 1. The monoisotopic (exact) mass is 262 g/mol. The third-order valence-corrected chi connectivity index (χ3v) is 3.89. The third kappa shape index (κ3) is 3.16. The molecule has 0 radical (unpaired) electrons. The summed E-state index contributed by atoms with van der Waals surface area (Å²) >= 11 is 0. The summed E-state index contributed by atoms with van der Waals surface area (Å²) in [6, 6.07) is 3.66. The molecular formula is C14H22N4O. The van der Waals surface area contributed by atoms with Crippen LogP contribution < -0.4 is 10.6 Å². The summed E-state index contributed by atoms with van der Waals surface area (Å²) in [5, 5.41) is 12.0. The second-order valence-corrected chi connectivity index (χ2v) is 5.05. The lowest BCUT2D eigenvalue weighted by Gasteiger charge is -2.23. The Morgan fingerprint density at radius 1 is 1.53 bits per heavy atom. The average molecular weight is 262 g/mol. The van der Waals surface area contributed by atoms with Crippen molar-refractivity contribution in [2.24, 2.45) is 16.8 Å². The molecule has 1 aliphatic rings. The Balaban J connectivity index is 2.22. The molecule has 1 atom stereocenters. The zero-order valence-corrected chi connectivity index (χ0v) is 11.4. The fraction of sp³-hybridized carbons (Fsp3) is 0.571. The van der Waals surface area contributed by atoms with E-state index in [2.05, 4.69) is 22.0 Å². The van der Waals surface area contributed by atoms with E-state index in [1.165, 1.54) is 25.7 Å². The van der Waals surface area contributed by atoms with Gasteiger partial charge in [-0.25, -0.2) is 4.98 Å². The Morgan fingerprint density at radius 3 is 3.11 bits per heavy atom. The van der Waals surface area contributed by atoms with E-state index in [0.717, 1.165) is 24.8 Å². The van der Waals surface area contributed by atoms with Crippen LogP contribution >= 0.6 is 0 Å². The standard InChI is InChI=1S/C14H22N4O/c1-2-11-5-4-9-18(10-7-11)14-12(13(15)17-19)6-3-8-16-14/h3,6,8,11,19H,2,4-5,7,9-10H2,1H3,(H2,15,17). The van der Waals surface area contributed by atoms with Gasteiger partial charge in [-0.05, 0) is 37.3 Å². The first kappa shape index (κ1) is 13.6. The highest BCUT2D eigenvalue weighted by Gasteiger charge is 2.19. The zero-order valence-electron chi connectivity index (χ0n) is 11.4. The third-order valence-electron chi connectivity index (χ3n) is 3.89. The summed E-state index contributed by atoms with van der Waals surface area (Å²) in [5.74, 6) is 1.76. The van der Waals surface area contributed by atoms with Gasteiger partial charge in [0.05, 0.1) is 5.56 Å². The maximum atomic E-state index is 8.86. The second kappa shape index (κ2) is 6.41. The van der Waals surface area contributed by atoms with E-state index >= 15 is 0 Å². The molecule has 0 bridgehead atoms. The summed E-state index contributed by atoms with van der Waals surface area (Å²) < 4.78 is 0. The van der Waals surface area contributed by atoms with Gasteiger partial charge in [0.25, 0.3) is 0 Å². The predicted molar refractivity (Wildman–Crippen MR) is 76.6 cm³/mol. The van der Waals surface area contributed by atoms with Crippen molar-refractivity contribution in [2.45, 2.75) is 32.6 Å².